The SMILES string of the molecule is Cc1c(Cl)csc1S(=O)(=O)Nc1ccc(F)c(Nc2ncnc3ccc(-n4cnc5c(N)cccc54)nc23)c1F. The summed E-state index contributed by atoms with van der Waals surface area (Å²) in [6.45, 7) is 1.53. The number of nitrogens with two attached hydrogens (primary N) is 1. The van der Waals surface area contributed by atoms with E-state index in [1.54, 1.807) is 35.2 Å². The number of nitrogens with zero attached hydrogens (tertiary/aromatic N) is 5. The van der Waals surface area contributed by atoms with Crippen LogP contribution >= 0.6 is 22.9 Å². The van der Waals surface area contributed by atoms with Crippen molar-refractivity contribution in [3.05, 3.63) is 82.7 Å². The molecule has 0 saturated carbocycles. The second kappa shape index (κ2) is 9.66. The molecule has 0 aliphatic heterocycles. The summed E-state index contributed by atoms with van der Waals surface area (Å²) in [5, 5.41) is 4.35. The van der Waals surface area contributed by atoms with Crippen LogP contribution in [0.2, 0.25) is 5.02 Å². The first-order chi connectivity index (χ1) is 19.1. The molecule has 0 spiro atoms. The topological polar surface area (TPSA) is 141 Å². The Morgan fingerprint density at radius 2 is 1.88 bits per heavy atom. The summed E-state index contributed by atoms with van der Waals surface area (Å²) < 4.78 is 60.0. The van der Waals surface area contributed by atoms with Crippen LogP contribution in [0.5, 0.6) is 0 Å². The number of hydrogen-bond donors (Lipinski definition) is 3. The van der Waals surface area contributed by atoms with Crippen LogP contribution < -0.4 is 15.8 Å². The maximum absolute atomic E-state index is 15.5. The van der Waals surface area contributed by atoms with Crippen molar-refractivity contribution in [3.63, 3.8) is 0 Å². The van der Waals surface area contributed by atoms with Gasteiger partial charge in [0.2, 0.25) is 0 Å². The minimum absolute atomic E-state index is 0.00512. The van der Waals surface area contributed by atoms with Gasteiger partial charge in [-0.1, -0.05) is 17.7 Å². The fraction of sp³-hybridized carbons (Fsp3) is 0.0400. The Morgan fingerprint density at radius 3 is 2.65 bits per heavy atom. The van der Waals surface area contributed by atoms with Crippen molar-refractivity contribution in [2.24, 2.45) is 0 Å². The summed E-state index contributed by atoms with van der Waals surface area (Å²) >= 11 is 6.88. The molecule has 0 atom stereocenters. The minimum atomic E-state index is -4.20. The van der Waals surface area contributed by atoms with Crippen LogP contribution in [0, 0.1) is 18.6 Å². The van der Waals surface area contributed by atoms with Crippen LogP contribution in [0.15, 0.2) is 64.7 Å². The third kappa shape index (κ3) is 4.35. The largest absolute Gasteiger partial charge is 0.397 e. The molecular formula is C25H17ClF2N8O2S2. The zero-order valence-corrected chi connectivity index (χ0v) is 22.7. The number of halogens is 3. The number of thiophene rings is 1. The number of sulfonamides is 1. The zero-order chi connectivity index (χ0) is 28.2. The van der Waals surface area contributed by atoms with E-state index < -0.39 is 33.0 Å². The Morgan fingerprint density at radius 1 is 1.05 bits per heavy atom. The van der Waals surface area contributed by atoms with Gasteiger partial charge in [-0.25, -0.2) is 37.1 Å². The van der Waals surface area contributed by atoms with Gasteiger partial charge in [0.1, 0.15) is 45.2 Å². The van der Waals surface area contributed by atoms with Crippen molar-refractivity contribution in [1.82, 2.24) is 24.5 Å². The van der Waals surface area contributed by atoms with Crippen molar-refractivity contribution in [3.8, 4) is 5.82 Å². The Kier molecular flexibility index (Phi) is 6.24. The van der Waals surface area contributed by atoms with Crippen LogP contribution in [-0.2, 0) is 10.0 Å². The number of hydrogen-bond acceptors (Lipinski definition) is 9. The summed E-state index contributed by atoms with van der Waals surface area (Å²) in [6, 6.07) is 10.6. The van der Waals surface area contributed by atoms with Gasteiger partial charge < -0.3 is 11.1 Å². The summed E-state index contributed by atoms with van der Waals surface area (Å²) in [4.78, 5) is 17.3. The van der Waals surface area contributed by atoms with Crippen molar-refractivity contribution >= 4 is 77.9 Å². The Balaban J connectivity index is 1.40. The normalized spacial score (nSPS) is 11.8. The van der Waals surface area contributed by atoms with Gasteiger partial charge in [-0.2, -0.15) is 0 Å². The minimum Gasteiger partial charge on any atom is -0.397 e. The van der Waals surface area contributed by atoms with E-state index >= 15 is 4.39 Å². The Labute approximate surface area is 234 Å². The molecule has 4 N–H and O–H groups in total. The number of aromatic nitrogens is 5. The fourth-order valence-electron chi connectivity index (χ4n) is 4.10. The number of benzene rings is 2. The van der Waals surface area contributed by atoms with Crippen molar-refractivity contribution in [1.29, 1.82) is 0 Å². The highest BCUT2D eigenvalue weighted by atomic mass is 35.5. The van der Waals surface area contributed by atoms with Gasteiger partial charge in [0.15, 0.2) is 11.6 Å². The zero-order valence-electron chi connectivity index (χ0n) is 20.4. The van der Waals surface area contributed by atoms with E-state index in [2.05, 4.69) is 30.0 Å². The van der Waals surface area contributed by atoms with Crippen LogP contribution in [0.25, 0.3) is 27.9 Å². The van der Waals surface area contributed by atoms with Crippen molar-refractivity contribution in [2.75, 3.05) is 15.8 Å². The lowest BCUT2D eigenvalue weighted by Crippen LogP contribution is -2.14. The van der Waals surface area contributed by atoms with E-state index in [-0.39, 0.29) is 20.6 Å². The first-order valence-corrected chi connectivity index (χ1v) is 14.2. The molecule has 4 heterocycles. The van der Waals surface area contributed by atoms with Crippen LogP contribution in [0.1, 0.15) is 5.56 Å². The average Bonchev–Trinajstić information content (AvgIpc) is 3.52. The average molecular weight is 599 g/mol. The molecule has 0 unspecified atom stereocenters. The third-order valence-corrected chi connectivity index (χ3v) is 9.70. The number of nitrogens with one attached hydrogen (secondary N) is 2. The number of rotatable bonds is 6. The maximum atomic E-state index is 15.5. The van der Waals surface area contributed by atoms with Crippen LogP contribution in [-0.4, -0.2) is 32.9 Å². The first kappa shape index (κ1) is 25.9. The number of nitrogen functional groups attached to an aromatic ring is 1. The Bertz CT molecular complexity index is 2060. The van der Waals surface area contributed by atoms with Gasteiger partial charge >= 0.3 is 0 Å². The van der Waals surface area contributed by atoms with Crippen LogP contribution in [0.3, 0.4) is 0 Å². The second-order valence-electron chi connectivity index (χ2n) is 8.60. The molecule has 15 heteroatoms. The van der Waals surface area contributed by atoms with Gasteiger partial charge in [-0.05, 0) is 48.9 Å². The highest BCUT2D eigenvalue weighted by molar-refractivity contribution is 7.94. The van der Waals surface area contributed by atoms with E-state index in [0.29, 0.717) is 33.6 Å². The maximum Gasteiger partial charge on any atom is 0.271 e. The predicted octanol–water partition coefficient (Wildman–Crippen LogP) is 5.79. The van der Waals surface area contributed by atoms with E-state index in [0.717, 1.165) is 23.5 Å². The predicted molar refractivity (Wildman–Crippen MR) is 151 cm³/mol. The summed E-state index contributed by atoms with van der Waals surface area (Å²) in [6.07, 6.45) is 2.77. The molecular weight excluding hydrogens is 582 g/mol. The van der Waals surface area contributed by atoms with Gasteiger partial charge in [-0.3, -0.25) is 9.29 Å². The molecule has 0 fully saturated rings. The molecule has 4 aromatic heterocycles. The molecule has 6 rings (SSSR count). The number of para-hydroxylation sites is 1. The van der Waals surface area contributed by atoms with Gasteiger partial charge in [0, 0.05) is 5.38 Å². The quantitative estimate of drug-likeness (QED) is 0.205. The number of imidazole rings is 1. The molecule has 0 aliphatic carbocycles. The summed E-state index contributed by atoms with van der Waals surface area (Å²) in [7, 11) is -4.20. The number of pyridine rings is 1. The highest BCUT2D eigenvalue weighted by Crippen LogP contribution is 2.34. The van der Waals surface area contributed by atoms with Gasteiger partial charge in [-0.15, -0.1) is 11.3 Å². The molecule has 0 aliphatic rings. The first-order valence-electron chi connectivity index (χ1n) is 11.5. The standard InChI is InChI=1S/C25H17ClF2N8O2S2/c1-12-13(26)9-39-25(12)40(37,38)35-16-6-5-14(27)21(20(16)28)34-24-23-17(30-10-31-24)7-8-19(33-23)36-11-32-22-15(29)3-2-4-18(22)36/h2-11,35H,29H2,1H3,(H,30,31,34). The van der Waals surface area contributed by atoms with Gasteiger partial charge in [0.05, 0.1) is 27.4 Å². The lowest BCUT2D eigenvalue weighted by molar-refractivity contribution is 0.589. The van der Waals surface area contributed by atoms with Crippen molar-refractivity contribution < 1.29 is 17.2 Å². The molecule has 0 radical (unpaired) electrons. The molecule has 2 aromatic carbocycles. The molecule has 202 valence electrons. The Hall–Kier alpha value is -4.40. The summed E-state index contributed by atoms with van der Waals surface area (Å²) in [5.74, 6) is -1.72. The van der Waals surface area contributed by atoms with E-state index in [9.17, 15) is 12.8 Å². The molecule has 0 amide bonds. The highest BCUT2D eigenvalue weighted by Gasteiger charge is 2.24. The molecule has 40 heavy (non-hydrogen) atoms. The van der Waals surface area contributed by atoms with E-state index in [1.165, 1.54) is 18.6 Å². The smallest absolute Gasteiger partial charge is 0.271 e. The molecule has 10 nitrogen and oxygen atoms in total. The lowest BCUT2D eigenvalue weighted by Gasteiger charge is -2.14. The molecule has 0 bridgehead atoms. The van der Waals surface area contributed by atoms with E-state index in [4.69, 9.17) is 17.3 Å². The number of anilines is 4. The summed E-state index contributed by atoms with van der Waals surface area (Å²) in [5.41, 5.74) is 7.65. The fourth-order valence-corrected chi connectivity index (χ4v) is 6.94. The third-order valence-electron chi connectivity index (χ3n) is 6.08. The lowest BCUT2D eigenvalue weighted by atomic mass is 10.2. The van der Waals surface area contributed by atoms with Crippen LogP contribution in [0.4, 0.5) is 31.7 Å². The van der Waals surface area contributed by atoms with Crippen molar-refractivity contribution in [2.45, 2.75) is 11.1 Å². The molecule has 0 saturated heterocycles. The monoisotopic (exact) mass is 598 g/mol. The van der Waals surface area contributed by atoms with E-state index in [1.807, 2.05) is 6.07 Å². The molecule has 6 aromatic rings. The number of fused-ring (bicyclic) bond motifs is 2. The second-order valence-corrected chi connectivity index (χ2v) is 11.8. The van der Waals surface area contributed by atoms with Gasteiger partial charge in [0.25, 0.3) is 10.0 Å².